The van der Waals surface area contributed by atoms with Crippen molar-refractivity contribution in [2.75, 3.05) is 26.7 Å². The quantitative estimate of drug-likeness (QED) is 0.925. The van der Waals surface area contributed by atoms with Gasteiger partial charge in [-0.3, -0.25) is 9.48 Å². The highest BCUT2D eigenvalue weighted by Gasteiger charge is 2.26. The first-order valence-electron chi connectivity index (χ1n) is 7.50. The van der Waals surface area contributed by atoms with Crippen LogP contribution in [0.1, 0.15) is 48.8 Å². The van der Waals surface area contributed by atoms with Gasteiger partial charge in [0.25, 0.3) is 5.91 Å². The van der Waals surface area contributed by atoms with E-state index in [1.54, 1.807) is 4.68 Å². The number of carbonyl (C=O) groups is 1. The molecule has 5 nitrogen and oxygen atoms in total. The van der Waals surface area contributed by atoms with Crippen LogP contribution < -0.4 is 5.32 Å². The number of carbonyl (C=O) groups excluding carboxylic acids is 1. The van der Waals surface area contributed by atoms with Crippen molar-refractivity contribution in [2.45, 2.75) is 32.6 Å². The van der Waals surface area contributed by atoms with Crippen molar-refractivity contribution in [3.8, 4) is 0 Å². The normalized spacial score (nSPS) is 18.7. The SMILES string of the molecule is CNCC1CCCN(C(=O)c2cc(C(C)C)nn2C)C1.Cl. The van der Waals surface area contributed by atoms with Gasteiger partial charge in [-0.15, -0.1) is 12.4 Å². The number of halogens is 1. The van der Waals surface area contributed by atoms with Gasteiger partial charge in [0.1, 0.15) is 5.69 Å². The second kappa shape index (κ2) is 7.80. The average Bonchev–Trinajstić information content (AvgIpc) is 2.81. The summed E-state index contributed by atoms with van der Waals surface area (Å²) >= 11 is 0. The maximum Gasteiger partial charge on any atom is 0.272 e. The van der Waals surface area contributed by atoms with E-state index in [2.05, 4.69) is 24.3 Å². The Labute approximate surface area is 133 Å². The number of nitrogens with zero attached hydrogens (tertiary/aromatic N) is 3. The first-order valence-corrected chi connectivity index (χ1v) is 7.50. The molecule has 1 unspecified atom stereocenters. The smallest absolute Gasteiger partial charge is 0.272 e. The zero-order valence-electron chi connectivity index (χ0n) is 13.4. The summed E-state index contributed by atoms with van der Waals surface area (Å²) in [6, 6.07) is 1.94. The van der Waals surface area contributed by atoms with Crippen molar-refractivity contribution in [1.29, 1.82) is 0 Å². The molecule has 6 heteroatoms. The highest BCUT2D eigenvalue weighted by atomic mass is 35.5. The third kappa shape index (κ3) is 4.20. The lowest BCUT2D eigenvalue weighted by Crippen LogP contribution is -2.43. The summed E-state index contributed by atoms with van der Waals surface area (Å²) in [6.07, 6.45) is 2.29. The molecule has 1 amide bonds. The Morgan fingerprint density at radius 3 is 2.81 bits per heavy atom. The van der Waals surface area contributed by atoms with E-state index in [1.807, 2.05) is 25.1 Å². The van der Waals surface area contributed by atoms with Crippen LogP contribution in [0.15, 0.2) is 6.07 Å². The Morgan fingerprint density at radius 2 is 2.24 bits per heavy atom. The molecule has 1 aromatic heterocycles. The van der Waals surface area contributed by atoms with E-state index in [9.17, 15) is 4.79 Å². The zero-order chi connectivity index (χ0) is 14.7. The molecule has 120 valence electrons. The van der Waals surface area contributed by atoms with Crippen LogP contribution in [0.2, 0.25) is 0 Å². The molecule has 1 atom stereocenters. The standard InChI is InChI=1S/C15H26N4O.ClH/c1-11(2)13-8-14(18(4)17-13)15(20)19-7-5-6-12(10-19)9-16-3;/h8,11-12,16H,5-7,9-10H2,1-4H3;1H. The fraction of sp³-hybridized carbons (Fsp3) is 0.733. The molecule has 1 aromatic rings. The van der Waals surface area contributed by atoms with E-state index in [4.69, 9.17) is 0 Å². The average molecular weight is 315 g/mol. The number of hydrogen-bond donors (Lipinski definition) is 1. The summed E-state index contributed by atoms with van der Waals surface area (Å²) in [4.78, 5) is 14.6. The van der Waals surface area contributed by atoms with Crippen molar-refractivity contribution in [3.63, 3.8) is 0 Å². The van der Waals surface area contributed by atoms with Crippen LogP contribution in [0.3, 0.4) is 0 Å². The van der Waals surface area contributed by atoms with Crippen LogP contribution in [0, 0.1) is 5.92 Å². The minimum atomic E-state index is 0. The van der Waals surface area contributed by atoms with Gasteiger partial charge in [0.05, 0.1) is 5.69 Å². The molecular weight excluding hydrogens is 288 g/mol. The van der Waals surface area contributed by atoms with E-state index in [0.717, 1.165) is 31.7 Å². The number of nitrogens with one attached hydrogen (secondary N) is 1. The van der Waals surface area contributed by atoms with Crippen molar-refractivity contribution in [3.05, 3.63) is 17.5 Å². The Hall–Kier alpha value is -1.07. The molecule has 0 bridgehead atoms. The Balaban J connectivity index is 0.00000220. The zero-order valence-corrected chi connectivity index (χ0v) is 14.2. The van der Waals surface area contributed by atoms with Crippen molar-refractivity contribution in [2.24, 2.45) is 13.0 Å². The fourth-order valence-electron chi connectivity index (χ4n) is 2.84. The topological polar surface area (TPSA) is 50.2 Å². The molecule has 1 fully saturated rings. The van der Waals surface area contributed by atoms with Gasteiger partial charge in [-0.1, -0.05) is 13.8 Å². The van der Waals surface area contributed by atoms with Crippen molar-refractivity contribution >= 4 is 18.3 Å². The molecule has 0 saturated carbocycles. The van der Waals surface area contributed by atoms with Gasteiger partial charge in [0.15, 0.2) is 0 Å². The first-order chi connectivity index (χ1) is 9.52. The predicted octanol–water partition coefficient (Wildman–Crippen LogP) is 2.04. The van der Waals surface area contributed by atoms with E-state index < -0.39 is 0 Å². The van der Waals surface area contributed by atoms with Crippen molar-refractivity contribution in [1.82, 2.24) is 20.0 Å². The molecule has 2 heterocycles. The highest BCUT2D eigenvalue weighted by molar-refractivity contribution is 5.92. The lowest BCUT2D eigenvalue weighted by Gasteiger charge is -2.32. The Morgan fingerprint density at radius 1 is 1.52 bits per heavy atom. The molecule has 1 saturated heterocycles. The lowest BCUT2D eigenvalue weighted by molar-refractivity contribution is 0.0663. The summed E-state index contributed by atoms with van der Waals surface area (Å²) in [7, 11) is 3.82. The van der Waals surface area contributed by atoms with Gasteiger partial charge in [-0.05, 0) is 44.3 Å². The molecule has 0 spiro atoms. The third-order valence-electron chi connectivity index (χ3n) is 4.01. The number of piperidine rings is 1. The summed E-state index contributed by atoms with van der Waals surface area (Å²) in [5, 5.41) is 7.65. The number of hydrogen-bond acceptors (Lipinski definition) is 3. The predicted molar refractivity (Wildman–Crippen MR) is 87.1 cm³/mol. The minimum Gasteiger partial charge on any atom is -0.337 e. The monoisotopic (exact) mass is 314 g/mol. The molecule has 21 heavy (non-hydrogen) atoms. The van der Waals surface area contributed by atoms with Crippen LogP contribution in [0.25, 0.3) is 0 Å². The number of rotatable bonds is 4. The number of amides is 1. The Kier molecular flexibility index (Phi) is 6.68. The summed E-state index contributed by atoms with van der Waals surface area (Å²) < 4.78 is 1.72. The van der Waals surface area contributed by atoms with Crippen molar-refractivity contribution < 1.29 is 4.79 Å². The molecule has 2 rings (SSSR count). The van der Waals surface area contributed by atoms with Gasteiger partial charge in [-0.25, -0.2) is 0 Å². The molecular formula is C15H27ClN4O. The maximum atomic E-state index is 12.7. The Bertz CT molecular complexity index is 470. The molecule has 1 aliphatic rings. The summed E-state index contributed by atoms with van der Waals surface area (Å²) in [5.41, 5.74) is 1.69. The summed E-state index contributed by atoms with van der Waals surface area (Å²) in [5.74, 6) is 1.03. The second-order valence-corrected chi connectivity index (χ2v) is 6.05. The fourth-order valence-corrected chi connectivity index (χ4v) is 2.84. The molecule has 1 N–H and O–H groups in total. The van der Waals surface area contributed by atoms with Gasteiger partial charge in [0, 0.05) is 20.1 Å². The van der Waals surface area contributed by atoms with Crippen LogP contribution in [0.5, 0.6) is 0 Å². The largest absolute Gasteiger partial charge is 0.337 e. The van der Waals surface area contributed by atoms with Gasteiger partial charge < -0.3 is 10.2 Å². The molecule has 0 radical (unpaired) electrons. The van der Waals surface area contributed by atoms with E-state index in [-0.39, 0.29) is 18.3 Å². The third-order valence-corrected chi connectivity index (χ3v) is 4.01. The number of aromatic nitrogens is 2. The minimum absolute atomic E-state index is 0. The van der Waals surface area contributed by atoms with E-state index in [1.165, 1.54) is 6.42 Å². The summed E-state index contributed by atoms with van der Waals surface area (Å²) in [6.45, 7) is 6.89. The first kappa shape index (κ1) is 18.0. The van der Waals surface area contributed by atoms with Gasteiger partial charge >= 0.3 is 0 Å². The highest BCUT2D eigenvalue weighted by Crippen LogP contribution is 2.20. The van der Waals surface area contributed by atoms with Gasteiger partial charge in [-0.2, -0.15) is 5.10 Å². The molecule has 0 aromatic carbocycles. The molecule has 1 aliphatic heterocycles. The lowest BCUT2D eigenvalue weighted by atomic mass is 9.97. The van der Waals surface area contributed by atoms with Gasteiger partial charge in [0.2, 0.25) is 0 Å². The maximum absolute atomic E-state index is 12.7. The van der Waals surface area contributed by atoms with Crippen LogP contribution in [-0.2, 0) is 7.05 Å². The van der Waals surface area contributed by atoms with Crippen LogP contribution in [0.4, 0.5) is 0 Å². The number of aryl methyl sites for hydroxylation is 1. The van der Waals surface area contributed by atoms with Crippen LogP contribution in [-0.4, -0.2) is 47.3 Å². The number of likely N-dealkylation sites (tertiary alicyclic amines) is 1. The molecule has 0 aliphatic carbocycles. The van der Waals surface area contributed by atoms with E-state index >= 15 is 0 Å². The van der Waals surface area contributed by atoms with Crippen LogP contribution >= 0.6 is 12.4 Å². The van der Waals surface area contributed by atoms with E-state index in [0.29, 0.717) is 17.5 Å². The second-order valence-electron chi connectivity index (χ2n) is 6.05.